The van der Waals surface area contributed by atoms with Gasteiger partial charge in [0.2, 0.25) is 5.78 Å². The van der Waals surface area contributed by atoms with Gasteiger partial charge >= 0.3 is 0 Å². The van der Waals surface area contributed by atoms with Gasteiger partial charge in [-0.1, -0.05) is 23.2 Å². The molecule has 0 aliphatic heterocycles. The SMILES string of the molecule is O=C(c1ccc(Cl)cc1)c1cnc2ccc(Cl)nn12. The summed E-state index contributed by atoms with van der Waals surface area (Å²) in [5.41, 5.74) is 1.45. The molecule has 0 atom stereocenters. The summed E-state index contributed by atoms with van der Waals surface area (Å²) in [4.78, 5) is 16.5. The van der Waals surface area contributed by atoms with Crippen LogP contribution in [-0.2, 0) is 0 Å². The van der Waals surface area contributed by atoms with Crippen LogP contribution < -0.4 is 0 Å². The highest BCUT2D eigenvalue weighted by Gasteiger charge is 2.15. The zero-order valence-corrected chi connectivity index (χ0v) is 11.1. The summed E-state index contributed by atoms with van der Waals surface area (Å²) in [6.07, 6.45) is 1.48. The summed E-state index contributed by atoms with van der Waals surface area (Å²) >= 11 is 11.6. The van der Waals surface area contributed by atoms with Crippen molar-refractivity contribution in [3.05, 3.63) is 64.0 Å². The maximum atomic E-state index is 12.4. The molecule has 0 aliphatic carbocycles. The van der Waals surface area contributed by atoms with Crippen LogP contribution in [0, 0.1) is 0 Å². The first-order valence-electron chi connectivity index (χ1n) is 5.46. The lowest BCUT2D eigenvalue weighted by Crippen LogP contribution is -2.07. The van der Waals surface area contributed by atoms with Crippen molar-refractivity contribution in [1.82, 2.24) is 14.6 Å². The molecule has 3 rings (SSSR count). The van der Waals surface area contributed by atoms with Crippen LogP contribution in [0.15, 0.2) is 42.6 Å². The van der Waals surface area contributed by atoms with Crippen LogP contribution >= 0.6 is 23.2 Å². The zero-order chi connectivity index (χ0) is 13.4. The van der Waals surface area contributed by atoms with E-state index in [2.05, 4.69) is 10.1 Å². The Hall–Kier alpha value is -1.91. The Bertz CT molecular complexity index is 765. The Balaban J connectivity index is 2.11. The molecule has 19 heavy (non-hydrogen) atoms. The highest BCUT2D eigenvalue weighted by Crippen LogP contribution is 2.15. The molecule has 94 valence electrons. The van der Waals surface area contributed by atoms with Gasteiger partial charge in [0.05, 0.1) is 6.20 Å². The summed E-state index contributed by atoms with van der Waals surface area (Å²) in [6, 6.07) is 9.98. The Labute approximate surface area is 118 Å². The molecule has 0 radical (unpaired) electrons. The number of hydrogen-bond donors (Lipinski definition) is 0. The molecule has 0 bridgehead atoms. The summed E-state index contributed by atoms with van der Waals surface area (Å²) in [7, 11) is 0. The molecule has 6 heteroatoms. The molecule has 0 fully saturated rings. The lowest BCUT2D eigenvalue weighted by Gasteiger charge is -2.01. The molecule has 0 saturated heterocycles. The van der Waals surface area contributed by atoms with Gasteiger partial charge in [0.15, 0.2) is 5.65 Å². The molecular formula is C13H7Cl2N3O. The van der Waals surface area contributed by atoms with Crippen molar-refractivity contribution in [3.8, 4) is 0 Å². The Kier molecular flexibility index (Phi) is 2.97. The molecule has 0 N–H and O–H groups in total. The predicted octanol–water partition coefficient (Wildman–Crippen LogP) is 3.27. The quantitative estimate of drug-likeness (QED) is 0.681. The first-order chi connectivity index (χ1) is 9.15. The number of carbonyl (C=O) groups excluding carboxylic acids is 1. The van der Waals surface area contributed by atoms with E-state index in [1.165, 1.54) is 10.7 Å². The van der Waals surface area contributed by atoms with Crippen molar-refractivity contribution >= 4 is 34.6 Å². The molecule has 0 aliphatic rings. The van der Waals surface area contributed by atoms with Gasteiger partial charge in [-0.15, -0.1) is 0 Å². The van der Waals surface area contributed by atoms with Gasteiger partial charge in [0.1, 0.15) is 10.8 Å². The van der Waals surface area contributed by atoms with E-state index >= 15 is 0 Å². The minimum atomic E-state index is -0.182. The number of halogens is 2. The first kappa shape index (κ1) is 12.1. The number of carbonyl (C=O) groups is 1. The molecule has 0 spiro atoms. The summed E-state index contributed by atoms with van der Waals surface area (Å²) < 4.78 is 1.43. The lowest BCUT2D eigenvalue weighted by molar-refractivity contribution is 0.103. The number of hydrogen-bond acceptors (Lipinski definition) is 3. The molecule has 2 heterocycles. The average molecular weight is 292 g/mol. The number of benzene rings is 1. The molecule has 0 saturated carbocycles. The van der Waals surface area contributed by atoms with Crippen molar-refractivity contribution < 1.29 is 4.79 Å². The highest BCUT2D eigenvalue weighted by molar-refractivity contribution is 6.30. The van der Waals surface area contributed by atoms with Crippen molar-refractivity contribution in [3.63, 3.8) is 0 Å². The second kappa shape index (κ2) is 4.64. The fraction of sp³-hybridized carbons (Fsp3) is 0. The summed E-state index contributed by atoms with van der Waals surface area (Å²) in [5, 5.41) is 4.95. The van der Waals surface area contributed by atoms with Crippen LogP contribution in [-0.4, -0.2) is 20.4 Å². The summed E-state index contributed by atoms with van der Waals surface area (Å²) in [6.45, 7) is 0. The molecule has 0 unspecified atom stereocenters. The van der Waals surface area contributed by atoms with E-state index in [1.54, 1.807) is 36.4 Å². The third kappa shape index (κ3) is 2.20. The first-order valence-corrected chi connectivity index (χ1v) is 6.21. The normalized spacial score (nSPS) is 10.8. The van der Waals surface area contributed by atoms with Gasteiger partial charge in [0, 0.05) is 10.6 Å². The van der Waals surface area contributed by atoms with Crippen LogP contribution in [0.1, 0.15) is 16.1 Å². The summed E-state index contributed by atoms with van der Waals surface area (Å²) in [5.74, 6) is -0.182. The number of fused-ring (bicyclic) bond motifs is 1. The van der Waals surface area contributed by atoms with Crippen LogP contribution in [0.2, 0.25) is 10.2 Å². The fourth-order valence-corrected chi connectivity index (χ4v) is 2.02. The Morgan fingerprint density at radius 1 is 1.05 bits per heavy atom. The van der Waals surface area contributed by atoms with Crippen molar-refractivity contribution in [2.75, 3.05) is 0 Å². The fourth-order valence-electron chi connectivity index (χ4n) is 1.75. The average Bonchev–Trinajstić information content (AvgIpc) is 2.81. The highest BCUT2D eigenvalue weighted by atomic mass is 35.5. The third-order valence-corrected chi connectivity index (χ3v) is 3.12. The molecular weight excluding hydrogens is 285 g/mol. The van der Waals surface area contributed by atoms with Crippen molar-refractivity contribution in [2.45, 2.75) is 0 Å². The number of nitrogens with zero attached hydrogens (tertiary/aromatic N) is 3. The van der Waals surface area contributed by atoms with Gasteiger partial charge in [-0.2, -0.15) is 5.10 Å². The maximum absolute atomic E-state index is 12.4. The number of rotatable bonds is 2. The van der Waals surface area contributed by atoms with Gasteiger partial charge in [-0.25, -0.2) is 9.50 Å². The number of imidazole rings is 1. The molecule has 0 amide bonds. The second-order valence-corrected chi connectivity index (χ2v) is 4.73. The van der Waals surface area contributed by atoms with E-state index in [-0.39, 0.29) is 5.78 Å². The standard InChI is InChI=1S/C13H7Cl2N3O/c14-9-3-1-8(2-4-9)13(19)10-7-16-12-6-5-11(15)17-18(10)12/h1-7H. The van der Waals surface area contributed by atoms with E-state index in [0.717, 1.165) is 0 Å². The smallest absolute Gasteiger partial charge is 0.213 e. The van der Waals surface area contributed by atoms with Crippen molar-refractivity contribution in [1.29, 1.82) is 0 Å². The third-order valence-electron chi connectivity index (χ3n) is 2.67. The van der Waals surface area contributed by atoms with E-state index in [1.807, 2.05) is 0 Å². The number of aromatic nitrogens is 3. The lowest BCUT2D eigenvalue weighted by atomic mass is 10.1. The van der Waals surface area contributed by atoms with E-state index < -0.39 is 0 Å². The molecule has 4 nitrogen and oxygen atoms in total. The monoisotopic (exact) mass is 291 g/mol. The van der Waals surface area contributed by atoms with Gasteiger partial charge < -0.3 is 0 Å². The van der Waals surface area contributed by atoms with E-state index in [0.29, 0.717) is 27.1 Å². The number of ketones is 1. The second-order valence-electron chi connectivity index (χ2n) is 3.91. The van der Waals surface area contributed by atoms with Gasteiger partial charge in [0.25, 0.3) is 0 Å². The zero-order valence-electron chi connectivity index (χ0n) is 9.55. The molecule has 2 aromatic heterocycles. The minimum Gasteiger partial charge on any atom is -0.287 e. The van der Waals surface area contributed by atoms with Crippen LogP contribution in [0.4, 0.5) is 0 Å². The Morgan fingerprint density at radius 3 is 2.53 bits per heavy atom. The topological polar surface area (TPSA) is 47.3 Å². The van der Waals surface area contributed by atoms with Gasteiger partial charge in [-0.05, 0) is 36.4 Å². The van der Waals surface area contributed by atoms with E-state index in [4.69, 9.17) is 23.2 Å². The van der Waals surface area contributed by atoms with Crippen molar-refractivity contribution in [2.24, 2.45) is 0 Å². The molecule has 3 aromatic rings. The predicted molar refractivity (Wildman–Crippen MR) is 72.9 cm³/mol. The van der Waals surface area contributed by atoms with Gasteiger partial charge in [-0.3, -0.25) is 4.79 Å². The Morgan fingerprint density at radius 2 is 1.79 bits per heavy atom. The largest absolute Gasteiger partial charge is 0.287 e. The maximum Gasteiger partial charge on any atom is 0.213 e. The minimum absolute atomic E-state index is 0.182. The van der Waals surface area contributed by atoms with E-state index in [9.17, 15) is 4.79 Å². The van der Waals surface area contributed by atoms with Crippen LogP contribution in [0.5, 0.6) is 0 Å². The molecule has 1 aromatic carbocycles. The van der Waals surface area contributed by atoms with Crippen LogP contribution in [0.25, 0.3) is 5.65 Å². The van der Waals surface area contributed by atoms with Crippen LogP contribution in [0.3, 0.4) is 0 Å².